The Balaban J connectivity index is 2.10. The van der Waals surface area contributed by atoms with Crippen molar-refractivity contribution < 1.29 is 8.42 Å². The highest BCUT2D eigenvalue weighted by Crippen LogP contribution is 2.22. The smallest absolute Gasteiger partial charge is 0.238 e. The molecule has 0 aliphatic heterocycles. The third-order valence-electron chi connectivity index (χ3n) is 2.80. The Labute approximate surface area is 117 Å². The van der Waals surface area contributed by atoms with Crippen molar-refractivity contribution in [2.45, 2.75) is 24.4 Å². The first-order valence-corrected chi connectivity index (χ1v) is 7.55. The molecule has 1 aromatic carbocycles. The van der Waals surface area contributed by atoms with Gasteiger partial charge in [-0.25, -0.2) is 18.5 Å². The van der Waals surface area contributed by atoms with Crippen molar-refractivity contribution in [1.29, 1.82) is 0 Å². The normalized spacial score (nSPS) is 13.1. The lowest BCUT2D eigenvalue weighted by molar-refractivity contribution is 0.598. The minimum Gasteiger partial charge on any atom is -0.397 e. The van der Waals surface area contributed by atoms with Crippen LogP contribution in [0.25, 0.3) is 0 Å². The molecule has 5 N–H and O–H groups in total. The van der Waals surface area contributed by atoms with Gasteiger partial charge >= 0.3 is 0 Å². The molecule has 1 atom stereocenters. The number of anilines is 2. The second kappa shape index (κ2) is 5.51. The number of rotatable bonds is 5. The molecule has 2 aromatic rings. The van der Waals surface area contributed by atoms with Gasteiger partial charge in [0.2, 0.25) is 10.0 Å². The fraction of sp³-hybridized carbons (Fsp3) is 0.250. The fourth-order valence-electron chi connectivity index (χ4n) is 1.87. The molecule has 0 amide bonds. The van der Waals surface area contributed by atoms with Crippen molar-refractivity contribution >= 4 is 21.4 Å². The Morgan fingerprint density at radius 3 is 2.75 bits per heavy atom. The summed E-state index contributed by atoms with van der Waals surface area (Å²) in [7, 11) is -3.73. The molecular weight excluding hydrogens is 278 g/mol. The predicted molar refractivity (Wildman–Crippen MR) is 77.5 cm³/mol. The number of aromatic nitrogens is 2. The zero-order valence-electron chi connectivity index (χ0n) is 11.0. The average Bonchev–Trinajstić information content (AvgIpc) is 2.83. The number of nitrogens with two attached hydrogens (primary N) is 2. The highest BCUT2D eigenvalue weighted by molar-refractivity contribution is 7.89. The maximum atomic E-state index is 11.2. The van der Waals surface area contributed by atoms with Gasteiger partial charge in [0.25, 0.3) is 0 Å². The maximum Gasteiger partial charge on any atom is 0.238 e. The van der Waals surface area contributed by atoms with Gasteiger partial charge in [-0.3, -0.25) is 0 Å². The van der Waals surface area contributed by atoms with Crippen LogP contribution >= 0.6 is 0 Å². The molecular formula is C12H17N5O2S. The van der Waals surface area contributed by atoms with Gasteiger partial charge in [0, 0.05) is 25.0 Å². The Morgan fingerprint density at radius 2 is 2.20 bits per heavy atom. The first-order chi connectivity index (χ1) is 9.36. The zero-order valence-corrected chi connectivity index (χ0v) is 11.8. The van der Waals surface area contributed by atoms with Gasteiger partial charge in [-0.15, -0.1) is 0 Å². The molecule has 0 saturated carbocycles. The van der Waals surface area contributed by atoms with Gasteiger partial charge in [-0.2, -0.15) is 0 Å². The maximum absolute atomic E-state index is 11.2. The summed E-state index contributed by atoms with van der Waals surface area (Å²) >= 11 is 0. The molecule has 108 valence electrons. The third kappa shape index (κ3) is 3.49. The van der Waals surface area contributed by atoms with Crippen LogP contribution in [0.4, 0.5) is 11.4 Å². The van der Waals surface area contributed by atoms with Gasteiger partial charge in [0.1, 0.15) is 0 Å². The van der Waals surface area contributed by atoms with E-state index in [-0.39, 0.29) is 10.9 Å². The highest BCUT2D eigenvalue weighted by Gasteiger charge is 2.11. The summed E-state index contributed by atoms with van der Waals surface area (Å²) in [5.41, 5.74) is 6.85. The summed E-state index contributed by atoms with van der Waals surface area (Å²) in [5.74, 6) is 0. The molecule has 8 heteroatoms. The highest BCUT2D eigenvalue weighted by atomic mass is 32.2. The summed E-state index contributed by atoms with van der Waals surface area (Å²) in [6.45, 7) is 2.71. The Hall–Kier alpha value is -2.06. The van der Waals surface area contributed by atoms with Crippen LogP contribution in [0.15, 0.2) is 41.8 Å². The summed E-state index contributed by atoms with van der Waals surface area (Å²) in [6.07, 6.45) is 5.30. The van der Waals surface area contributed by atoms with E-state index in [0.717, 1.165) is 6.54 Å². The molecule has 0 fully saturated rings. The second-order valence-electron chi connectivity index (χ2n) is 4.60. The fourth-order valence-corrected chi connectivity index (χ4v) is 2.42. The van der Waals surface area contributed by atoms with Crippen LogP contribution in [-0.4, -0.2) is 24.0 Å². The van der Waals surface area contributed by atoms with Gasteiger partial charge in [0.05, 0.1) is 22.6 Å². The molecule has 0 spiro atoms. The number of hydrogen-bond donors (Lipinski definition) is 3. The van der Waals surface area contributed by atoms with E-state index in [9.17, 15) is 8.42 Å². The minimum absolute atomic E-state index is 0.00260. The number of primary sulfonamides is 1. The van der Waals surface area contributed by atoms with Crippen molar-refractivity contribution in [3.63, 3.8) is 0 Å². The van der Waals surface area contributed by atoms with Crippen LogP contribution in [-0.2, 0) is 16.6 Å². The Bertz CT molecular complexity index is 682. The Kier molecular flexibility index (Phi) is 3.96. The van der Waals surface area contributed by atoms with Crippen LogP contribution in [0.3, 0.4) is 0 Å². The first-order valence-electron chi connectivity index (χ1n) is 6.01. The monoisotopic (exact) mass is 295 g/mol. The number of hydrogen-bond acceptors (Lipinski definition) is 5. The van der Waals surface area contributed by atoms with E-state index >= 15 is 0 Å². The molecule has 1 aromatic heterocycles. The SMILES string of the molecule is CC(Cn1ccnc1)Nc1ccc(S(N)(=O)=O)cc1N. The molecule has 1 unspecified atom stereocenters. The van der Waals surface area contributed by atoms with E-state index in [4.69, 9.17) is 10.9 Å². The molecule has 0 bridgehead atoms. The molecule has 1 heterocycles. The second-order valence-corrected chi connectivity index (χ2v) is 6.16. The standard InChI is InChI=1S/C12H17N5O2S/c1-9(7-17-5-4-15-8-17)16-12-3-2-10(6-11(12)13)20(14,18)19/h2-6,8-9,16H,7,13H2,1H3,(H2,14,18,19). The lowest BCUT2D eigenvalue weighted by atomic mass is 10.2. The topological polar surface area (TPSA) is 116 Å². The van der Waals surface area contributed by atoms with E-state index in [1.54, 1.807) is 18.6 Å². The van der Waals surface area contributed by atoms with Crippen molar-refractivity contribution in [3.8, 4) is 0 Å². The lowest BCUT2D eigenvalue weighted by Crippen LogP contribution is -2.22. The summed E-state index contributed by atoms with van der Waals surface area (Å²) in [6, 6.07) is 4.49. The van der Waals surface area contributed by atoms with Gasteiger partial charge in [-0.1, -0.05) is 0 Å². The summed E-state index contributed by atoms with van der Waals surface area (Å²) < 4.78 is 24.4. The molecule has 0 aliphatic carbocycles. The van der Waals surface area contributed by atoms with Gasteiger partial charge in [0.15, 0.2) is 0 Å². The van der Waals surface area contributed by atoms with Crippen LogP contribution in [0.1, 0.15) is 6.92 Å². The average molecular weight is 295 g/mol. The predicted octanol–water partition coefficient (Wildman–Crippen LogP) is 0.613. The van der Waals surface area contributed by atoms with Crippen molar-refractivity contribution in [2.24, 2.45) is 5.14 Å². The van der Waals surface area contributed by atoms with E-state index < -0.39 is 10.0 Å². The van der Waals surface area contributed by atoms with Gasteiger partial charge in [-0.05, 0) is 25.1 Å². The van der Waals surface area contributed by atoms with E-state index in [2.05, 4.69) is 10.3 Å². The number of benzene rings is 1. The number of nitrogens with one attached hydrogen (secondary N) is 1. The van der Waals surface area contributed by atoms with E-state index in [0.29, 0.717) is 11.4 Å². The van der Waals surface area contributed by atoms with Crippen molar-refractivity contribution in [2.75, 3.05) is 11.1 Å². The number of imidazole rings is 1. The summed E-state index contributed by atoms with van der Waals surface area (Å²) in [5, 5.41) is 8.27. The number of nitrogen functional groups attached to an aromatic ring is 1. The van der Waals surface area contributed by atoms with Crippen LogP contribution < -0.4 is 16.2 Å². The van der Waals surface area contributed by atoms with Crippen molar-refractivity contribution in [3.05, 3.63) is 36.9 Å². The van der Waals surface area contributed by atoms with E-state index in [1.165, 1.54) is 12.1 Å². The van der Waals surface area contributed by atoms with Crippen molar-refractivity contribution in [1.82, 2.24) is 9.55 Å². The quantitative estimate of drug-likeness (QED) is 0.699. The molecule has 0 aliphatic rings. The largest absolute Gasteiger partial charge is 0.397 e. The number of sulfonamides is 1. The Morgan fingerprint density at radius 1 is 1.45 bits per heavy atom. The molecule has 0 radical (unpaired) electrons. The molecule has 0 saturated heterocycles. The minimum atomic E-state index is -3.73. The van der Waals surface area contributed by atoms with Crippen LogP contribution in [0.5, 0.6) is 0 Å². The molecule has 20 heavy (non-hydrogen) atoms. The first kappa shape index (κ1) is 14.4. The van der Waals surface area contributed by atoms with Crippen LogP contribution in [0, 0.1) is 0 Å². The lowest BCUT2D eigenvalue weighted by Gasteiger charge is -2.17. The third-order valence-corrected chi connectivity index (χ3v) is 3.71. The van der Waals surface area contributed by atoms with Crippen LogP contribution in [0.2, 0.25) is 0 Å². The van der Waals surface area contributed by atoms with Gasteiger partial charge < -0.3 is 15.6 Å². The molecule has 7 nitrogen and oxygen atoms in total. The summed E-state index contributed by atoms with van der Waals surface area (Å²) in [4.78, 5) is 3.97. The number of nitrogens with zero attached hydrogens (tertiary/aromatic N) is 2. The zero-order chi connectivity index (χ0) is 14.8. The van der Waals surface area contributed by atoms with E-state index in [1.807, 2.05) is 17.7 Å². The molecule has 2 rings (SSSR count).